The van der Waals surface area contributed by atoms with Gasteiger partial charge in [0.1, 0.15) is 11.6 Å². The van der Waals surface area contributed by atoms with Gasteiger partial charge in [-0.1, -0.05) is 27.5 Å². The molecule has 156 valence electrons. The molecule has 30 heavy (non-hydrogen) atoms. The molecular formula is C20H15BrClFN2O4S. The van der Waals surface area contributed by atoms with Crippen LogP contribution < -0.4 is 14.8 Å². The van der Waals surface area contributed by atoms with E-state index >= 15 is 0 Å². The summed E-state index contributed by atoms with van der Waals surface area (Å²) in [5, 5.41) is 2.41. The Morgan fingerprint density at radius 1 is 1.00 bits per heavy atom. The van der Waals surface area contributed by atoms with Crippen LogP contribution in [0, 0.1) is 5.82 Å². The van der Waals surface area contributed by atoms with Crippen molar-refractivity contribution in [2.75, 3.05) is 16.6 Å². The third-order valence-electron chi connectivity index (χ3n) is 3.80. The third kappa shape index (κ3) is 5.94. The lowest BCUT2D eigenvalue weighted by molar-refractivity contribution is -0.118. The van der Waals surface area contributed by atoms with Crippen LogP contribution in [0.2, 0.25) is 5.02 Å². The van der Waals surface area contributed by atoms with Crippen LogP contribution in [0.4, 0.5) is 15.8 Å². The van der Waals surface area contributed by atoms with E-state index in [1.165, 1.54) is 36.4 Å². The number of carbonyl (C=O) groups excluding carboxylic acids is 1. The van der Waals surface area contributed by atoms with Crippen LogP contribution in [0.15, 0.2) is 76.1 Å². The van der Waals surface area contributed by atoms with Crippen LogP contribution >= 0.6 is 27.5 Å². The van der Waals surface area contributed by atoms with Crippen LogP contribution in [0.3, 0.4) is 0 Å². The fraction of sp³-hybridized carbons (Fsp3) is 0.0500. The number of benzene rings is 3. The molecule has 0 radical (unpaired) electrons. The molecule has 0 aliphatic rings. The smallest absolute Gasteiger partial charge is 0.262 e. The quantitative estimate of drug-likeness (QED) is 0.462. The van der Waals surface area contributed by atoms with Gasteiger partial charge in [0.05, 0.1) is 9.92 Å². The molecule has 0 saturated heterocycles. The van der Waals surface area contributed by atoms with Crippen LogP contribution in [0.25, 0.3) is 0 Å². The van der Waals surface area contributed by atoms with Crippen molar-refractivity contribution in [1.29, 1.82) is 0 Å². The highest BCUT2D eigenvalue weighted by Crippen LogP contribution is 2.21. The Bertz CT molecular complexity index is 1160. The second-order valence-electron chi connectivity index (χ2n) is 6.05. The first kappa shape index (κ1) is 22.1. The SMILES string of the molecule is O=C(COc1ccc(S(=O)(=O)Nc2ccc(Br)cc2)cc1)Nc1ccc(F)c(Cl)c1. The zero-order valence-electron chi connectivity index (χ0n) is 15.2. The summed E-state index contributed by atoms with van der Waals surface area (Å²) in [5.74, 6) is -0.758. The minimum Gasteiger partial charge on any atom is -0.484 e. The van der Waals surface area contributed by atoms with E-state index in [1.54, 1.807) is 24.3 Å². The van der Waals surface area contributed by atoms with Gasteiger partial charge < -0.3 is 10.1 Å². The Kier molecular flexibility index (Phi) is 6.96. The highest BCUT2D eigenvalue weighted by atomic mass is 79.9. The van der Waals surface area contributed by atoms with Gasteiger partial charge >= 0.3 is 0 Å². The van der Waals surface area contributed by atoms with E-state index in [4.69, 9.17) is 16.3 Å². The Labute approximate surface area is 186 Å². The number of hydrogen-bond acceptors (Lipinski definition) is 4. The molecule has 3 aromatic rings. The Morgan fingerprint density at radius 3 is 2.27 bits per heavy atom. The number of nitrogens with one attached hydrogen (secondary N) is 2. The van der Waals surface area contributed by atoms with Crippen LogP contribution in [-0.4, -0.2) is 20.9 Å². The van der Waals surface area contributed by atoms with Gasteiger partial charge in [-0.05, 0) is 66.7 Å². The highest BCUT2D eigenvalue weighted by molar-refractivity contribution is 9.10. The summed E-state index contributed by atoms with van der Waals surface area (Å²) in [4.78, 5) is 12.0. The largest absolute Gasteiger partial charge is 0.484 e. The number of carbonyl (C=O) groups is 1. The van der Waals surface area contributed by atoms with Crippen molar-refractivity contribution in [3.8, 4) is 5.75 Å². The predicted octanol–water partition coefficient (Wildman–Crippen LogP) is 5.06. The molecule has 0 fully saturated rings. The minimum absolute atomic E-state index is 0.0446. The van der Waals surface area contributed by atoms with E-state index in [1.807, 2.05) is 0 Å². The third-order valence-corrected chi connectivity index (χ3v) is 6.02. The summed E-state index contributed by atoms with van der Waals surface area (Å²) in [6, 6.07) is 16.1. The van der Waals surface area contributed by atoms with E-state index in [0.717, 1.165) is 10.5 Å². The van der Waals surface area contributed by atoms with E-state index in [0.29, 0.717) is 17.1 Å². The van der Waals surface area contributed by atoms with Gasteiger partial charge in [-0.3, -0.25) is 9.52 Å². The fourth-order valence-corrected chi connectivity index (χ4v) is 3.87. The Morgan fingerprint density at radius 2 is 1.63 bits per heavy atom. The number of ether oxygens (including phenoxy) is 1. The number of rotatable bonds is 7. The van der Waals surface area contributed by atoms with E-state index in [-0.39, 0.29) is 16.5 Å². The average molecular weight is 514 g/mol. The number of anilines is 2. The molecule has 0 bridgehead atoms. The molecule has 10 heteroatoms. The number of halogens is 3. The molecule has 1 amide bonds. The summed E-state index contributed by atoms with van der Waals surface area (Å²) in [5.41, 5.74) is 0.756. The van der Waals surface area contributed by atoms with Gasteiger partial charge in [0, 0.05) is 15.8 Å². The minimum atomic E-state index is -3.77. The van der Waals surface area contributed by atoms with Crippen molar-refractivity contribution in [3.05, 3.63) is 82.0 Å². The maximum absolute atomic E-state index is 13.1. The van der Waals surface area contributed by atoms with Gasteiger partial charge in [-0.15, -0.1) is 0 Å². The van der Waals surface area contributed by atoms with Crippen LogP contribution in [0.1, 0.15) is 0 Å². The lowest BCUT2D eigenvalue weighted by Gasteiger charge is -2.10. The molecule has 0 atom stereocenters. The van der Waals surface area contributed by atoms with Crippen molar-refractivity contribution in [2.45, 2.75) is 4.90 Å². The number of sulfonamides is 1. The maximum Gasteiger partial charge on any atom is 0.262 e. The van der Waals surface area contributed by atoms with Crippen LogP contribution in [0.5, 0.6) is 5.75 Å². The van der Waals surface area contributed by atoms with E-state index in [9.17, 15) is 17.6 Å². The van der Waals surface area contributed by atoms with Gasteiger partial charge in [-0.2, -0.15) is 0 Å². The molecule has 0 aliphatic carbocycles. The summed E-state index contributed by atoms with van der Waals surface area (Å²) < 4.78 is 46.7. The van der Waals surface area contributed by atoms with Gasteiger partial charge in [-0.25, -0.2) is 12.8 Å². The normalized spacial score (nSPS) is 11.0. The highest BCUT2D eigenvalue weighted by Gasteiger charge is 2.14. The molecule has 0 aromatic heterocycles. The first-order chi connectivity index (χ1) is 14.2. The monoisotopic (exact) mass is 512 g/mol. The summed E-state index contributed by atoms with van der Waals surface area (Å²) in [6.07, 6.45) is 0. The zero-order valence-corrected chi connectivity index (χ0v) is 18.4. The Balaban J connectivity index is 1.57. The number of hydrogen-bond donors (Lipinski definition) is 2. The molecule has 3 rings (SSSR count). The van der Waals surface area contributed by atoms with Crippen molar-refractivity contribution in [1.82, 2.24) is 0 Å². The second-order valence-corrected chi connectivity index (χ2v) is 9.05. The molecule has 0 saturated carbocycles. The van der Waals surface area contributed by atoms with Crippen LogP contribution in [-0.2, 0) is 14.8 Å². The van der Waals surface area contributed by atoms with Gasteiger partial charge in [0.15, 0.2) is 6.61 Å². The van der Waals surface area contributed by atoms with Crippen molar-refractivity contribution in [3.63, 3.8) is 0 Å². The molecule has 0 spiro atoms. The summed E-state index contributed by atoms with van der Waals surface area (Å²) >= 11 is 8.95. The standard InChI is InChI=1S/C20H15BrClFN2O4S/c21-13-1-3-14(4-2-13)25-30(27,28)17-8-6-16(7-9-17)29-12-20(26)24-15-5-10-19(23)18(22)11-15/h1-11,25H,12H2,(H,24,26). The Hall–Kier alpha value is -2.62. The molecule has 0 heterocycles. The van der Waals surface area contributed by atoms with E-state index in [2.05, 4.69) is 26.0 Å². The molecule has 0 unspecified atom stereocenters. The molecule has 3 aromatic carbocycles. The van der Waals surface area contributed by atoms with Gasteiger partial charge in [0.25, 0.3) is 15.9 Å². The first-order valence-electron chi connectivity index (χ1n) is 8.49. The van der Waals surface area contributed by atoms with Crippen molar-refractivity contribution >= 4 is 54.8 Å². The lowest BCUT2D eigenvalue weighted by atomic mass is 10.3. The van der Waals surface area contributed by atoms with E-state index < -0.39 is 21.7 Å². The zero-order chi connectivity index (χ0) is 21.7. The molecular weight excluding hydrogens is 499 g/mol. The lowest BCUT2D eigenvalue weighted by Crippen LogP contribution is -2.20. The maximum atomic E-state index is 13.1. The second kappa shape index (κ2) is 9.46. The van der Waals surface area contributed by atoms with Gasteiger partial charge in [0.2, 0.25) is 0 Å². The topological polar surface area (TPSA) is 84.5 Å². The molecule has 0 aliphatic heterocycles. The van der Waals surface area contributed by atoms with Crippen molar-refractivity contribution in [2.24, 2.45) is 0 Å². The fourth-order valence-electron chi connectivity index (χ4n) is 2.37. The summed E-state index contributed by atoms with van der Waals surface area (Å²) in [7, 11) is -3.77. The number of amides is 1. The molecule has 6 nitrogen and oxygen atoms in total. The van der Waals surface area contributed by atoms with Crippen molar-refractivity contribution < 1.29 is 22.3 Å². The first-order valence-corrected chi connectivity index (χ1v) is 11.1. The predicted molar refractivity (Wildman–Crippen MR) is 117 cm³/mol. The molecule has 2 N–H and O–H groups in total. The average Bonchev–Trinajstić information content (AvgIpc) is 2.71. The summed E-state index contributed by atoms with van der Waals surface area (Å²) in [6.45, 7) is -0.321.